The van der Waals surface area contributed by atoms with Gasteiger partial charge in [-0.3, -0.25) is 10.1 Å². The summed E-state index contributed by atoms with van der Waals surface area (Å²) in [6, 6.07) is -2.06. The summed E-state index contributed by atoms with van der Waals surface area (Å²) in [6.07, 6.45) is 2.46. The van der Waals surface area contributed by atoms with Gasteiger partial charge in [-0.15, -0.1) is 11.3 Å². The summed E-state index contributed by atoms with van der Waals surface area (Å²) >= 11 is 1.38. The molecular weight excluding hydrogens is 284 g/mol. The van der Waals surface area contributed by atoms with E-state index in [1.54, 1.807) is 0 Å². The predicted molar refractivity (Wildman–Crippen MR) is 71.5 cm³/mol. The molecule has 1 aromatic rings. The molecule has 1 atom stereocenters. The van der Waals surface area contributed by atoms with E-state index in [1.165, 1.54) is 11.3 Å². The number of primary amides is 1. The molecule has 0 radical (unpaired) electrons. The first-order valence-corrected chi connectivity index (χ1v) is 6.84. The number of aromatic nitrogens is 1. The molecule has 1 aliphatic carbocycles. The molecule has 0 saturated carbocycles. The average Bonchev–Trinajstić information content (AvgIpc) is 2.87. The van der Waals surface area contributed by atoms with Gasteiger partial charge in [-0.2, -0.15) is 0 Å². The molecule has 20 heavy (non-hydrogen) atoms. The normalized spacial score (nSPS) is 14.4. The Balaban J connectivity index is 1.93. The number of carbonyl (C=O) groups is 3. The number of nitrogens with one attached hydrogen (secondary N) is 2. The fourth-order valence-electron chi connectivity index (χ4n) is 1.94. The summed E-state index contributed by atoms with van der Waals surface area (Å²) in [5.41, 5.74) is 5.91. The van der Waals surface area contributed by atoms with Crippen LogP contribution >= 0.6 is 11.3 Å². The van der Waals surface area contributed by atoms with Crippen LogP contribution in [0.25, 0.3) is 0 Å². The van der Waals surface area contributed by atoms with Crippen LogP contribution in [0.2, 0.25) is 0 Å². The average molecular weight is 298 g/mol. The Morgan fingerprint density at radius 1 is 1.40 bits per heavy atom. The van der Waals surface area contributed by atoms with Gasteiger partial charge in [0.1, 0.15) is 6.04 Å². The van der Waals surface area contributed by atoms with Crippen molar-refractivity contribution in [2.24, 2.45) is 5.73 Å². The molecule has 1 unspecified atom stereocenters. The van der Waals surface area contributed by atoms with E-state index in [4.69, 9.17) is 10.8 Å². The van der Waals surface area contributed by atoms with Crippen LogP contribution in [0.1, 0.15) is 23.4 Å². The van der Waals surface area contributed by atoms with Crippen LogP contribution in [0.3, 0.4) is 0 Å². The minimum absolute atomic E-state index is 0.426. The third-order valence-electron chi connectivity index (χ3n) is 2.82. The van der Waals surface area contributed by atoms with Crippen LogP contribution in [0, 0.1) is 0 Å². The molecule has 0 fully saturated rings. The van der Waals surface area contributed by atoms with Gasteiger partial charge in [0.2, 0.25) is 5.91 Å². The van der Waals surface area contributed by atoms with Crippen molar-refractivity contribution < 1.29 is 19.5 Å². The number of aliphatic carboxylic acids is 1. The summed E-state index contributed by atoms with van der Waals surface area (Å²) in [6.45, 7) is 0. The van der Waals surface area contributed by atoms with Gasteiger partial charge in [0.15, 0.2) is 5.13 Å². The maximum atomic E-state index is 11.7. The second-order valence-corrected chi connectivity index (χ2v) is 5.49. The van der Waals surface area contributed by atoms with Gasteiger partial charge in [-0.25, -0.2) is 14.6 Å². The molecule has 0 bridgehead atoms. The fraction of sp³-hybridized carbons (Fsp3) is 0.455. The number of aryl methyl sites for hydroxylation is 2. The second kappa shape index (κ2) is 5.87. The van der Waals surface area contributed by atoms with Crippen molar-refractivity contribution in [1.29, 1.82) is 0 Å². The van der Waals surface area contributed by atoms with Crippen molar-refractivity contribution in [3.63, 3.8) is 0 Å². The third-order valence-corrected chi connectivity index (χ3v) is 3.90. The highest BCUT2D eigenvalue weighted by Gasteiger charge is 2.23. The molecule has 0 spiro atoms. The van der Waals surface area contributed by atoms with Crippen LogP contribution in [0.5, 0.6) is 0 Å². The Kier molecular flexibility index (Phi) is 4.18. The Labute approximate surface area is 118 Å². The molecule has 0 saturated heterocycles. The van der Waals surface area contributed by atoms with Crippen LogP contribution in [-0.2, 0) is 22.4 Å². The zero-order valence-corrected chi connectivity index (χ0v) is 11.3. The van der Waals surface area contributed by atoms with E-state index in [-0.39, 0.29) is 0 Å². The number of carboxylic acids is 1. The summed E-state index contributed by atoms with van der Waals surface area (Å²) < 4.78 is 0. The monoisotopic (exact) mass is 298 g/mol. The molecule has 108 valence electrons. The van der Waals surface area contributed by atoms with Gasteiger partial charge in [0.25, 0.3) is 0 Å². The van der Waals surface area contributed by atoms with E-state index in [0.717, 1.165) is 29.8 Å². The molecule has 1 heterocycles. The van der Waals surface area contributed by atoms with Crippen LogP contribution in [0.15, 0.2) is 0 Å². The lowest BCUT2D eigenvalue weighted by molar-refractivity contribution is -0.140. The summed E-state index contributed by atoms with van der Waals surface area (Å²) in [5, 5.41) is 13.9. The second-order valence-electron chi connectivity index (χ2n) is 4.40. The minimum atomic E-state index is -1.35. The molecule has 1 aromatic heterocycles. The predicted octanol–water partition coefficient (Wildman–Crippen LogP) is 0.0819. The molecule has 1 aliphatic rings. The molecule has 2 rings (SSSR count). The first kappa shape index (κ1) is 14.3. The number of carboxylic acid groups (broad SMARTS) is 1. The van der Waals surface area contributed by atoms with Gasteiger partial charge in [0.05, 0.1) is 12.1 Å². The quantitative estimate of drug-likeness (QED) is 0.610. The van der Waals surface area contributed by atoms with Crippen molar-refractivity contribution in [1.82, 2.24) is 10.3 Å². The van der Waals surface area contributed by atoms with Crippen molar-refractivity contribution >= 4 is 34.4 Å². The first-order valence-electron chi connectivity index (χ1n) is 6.03. The zero-order chi connectivity index (χ0) is 14.7. The lowest BCUT2D eigenvalue weighted by atomic mass is 10.2. The van der Waals surface area contributed by atoms with Gasteiger partial charge in [0, 0.05) is 4.88 Å². The largest absolute Gasteiger partial charge is 0.480 e. The molecule has 0 aliphatic heterocycles. The molecule has 3 amide bonds. The number of nitrogens with two attached hydrogens (primary N) is 1. The molecule has 8 nitrogen and oxygen atoms in total. The third kappa shape index (κ3) is 3.44. The number of rotatable bonds is 5. The van der Waals surface area contributed by atoms with E-state index in [0.29, 0.717) is 5.13 Å². The maximum absolute atomic E-state index is 11.7. The van der Waals surface area contributed by atoms with E-state index < -0.39 is 30.4 Å². The summed E-state index contributed by atoms with van der Waals surface area (Å²) in [4.78, 5) is 38.7. The Bertz CT molecular complexity index is 535. The number of fused-ring (bicyclic) bond motifs is 1. The highest BCUT2D eigenvalue weighted by Crippen LogP contribution is 2.30. The van der Waals surface area contributed by atoms with Crippen LogP contribution in [0.4, 0.5) is 9.93 Å². The summed E-state index contributed by atoms with van der Waals surface area (Å²) in [7, 11) is 0. The van der Waals surface area contributed by atoms with Crippen molar-refractivity contribution in [3.05, 3.63) is 10.6 Å². The molecule has 9 heteroatoms. The number of anilines is 1. The Morgan fingerprint density at radius 2 is 2.15 bits per heavy atom. The number of hydrogen-bond acceptors (Lipinski definition) is 5. The van der Waals surface area contributed by atoms with E-state index in [9.17, 15) is 14.4 Å². The highest BCUT2D eigenvalue weighted by molar-refractivity contribution is 7.15. The Morgan fingerprint density at radius 3 is 2.75 bits per heavy atom. The first-order chi connectivity index (χ1) is 9.45. The number of hydrogen-bond donors (Lipinski definition) is 4. The van der Waals surface area contributed by atoms with Crippen molar-refractivity contribution in [2.45, 2.75) is 31.7 Å². The number of thiazole rings is 1. The van der Waals surface area contributed by atoms with Gasteiger partial charge in [-0.05, 0) is 19.3 Å². The number of nitrogens with zero attached hydrogens (tertiary/aromatic N) is 1. The number of carbonyl (C=O) groups excluding carboxylic acids is 2. The SMILES string of the molecule is NC(=O)CC(NC(=O)Nc1nc2c(s1)CCC2)C(=O)O. The van der Waals surface area contributed by atoms with Gasteiger partial charge >= 0.3 is 12.0 Å². The topological polar surface area (TPSA) is 134 Å². The maximum Gasteiger partial charge on any atom is 0.326 e. The highest BCUT2D eigenvalue weighted by atomic mass is 32.1. The smallest absolute Gasteiger partial charge is 0.326 e. The van der Waals surface area contributed by atoms with E-state index >= 15 is 0 Å². The van der Waals surface area contributed by atoms with E-state index in [1.807, 2.05) is 0 Å². The van der Waals surface area contributed by atoms with Crippen molar-refractivity contribution in [3.8, 4) is 0 Å². The zero-order valence-electron chi connectivity index (χ0n) is 10.5. The number of amides is 3. The van der Waals surface area contributed by atoms with Crippen molar-refractivity contribution in [2.75, 3.05) is 5.32 Å². The molecular formula is C11H14N4O4S. The van der Waals surface area contributed by atoms with E-state index in [2.05, 4.69) is 15.6 Å². The summed E-state index contributed by atoms with van der Waals surface area (Å²) in [5.74, 6) is -2.12. The van der Waals surface area contributed by atoms with Crippen LogP contribution in [-0.4, -0.2) is 34.0 Å². The number of urea groups is 1. The van der Waals surface area contributed by atoms with Gasteiger partial charge < -0.3 is 16.2 Å². The standard InChI is InChI=1S/C11H14N4O4S/c12-8(16)4-6(9(17)18)13-10(19)15-11-14-5-2-1-3-7(5)20-11/h6H,1-4H2,(H2,12,16)(H,17,18)(H2,13,14,15,19). The molecule has 0 aromatic carbocycles. The van der Waals surface area contributed by atoms with Gasteiger partial charge in [-0.1, -0.05) is 0 Å². The molecule has 5 N–H and O–H groups in total. The minimum Gasteiger partial charge on any atom is -0.480 e. The Hall–Kier alpha value is -2.16. The van der Waals surface area contributed by atoms with Crippen LogP contribution < -0.4 is 16.4 Å². The fourth-order valence-corrected chi connectivity index (χ4v) is 2.98. The lowest BCUT2D eigenvalue weighted by Crippen LogP contribution is -2.45. The lowest BCUT2D eigenvalue weighted by Gasteiger charge is -2.12.